The second kappa shape index (κ2) is 6.18. The summed E-state index contributed by atoms with van der Waals surface area (Å²) in [4.78, 5) is 10.9. The van der Waals surface area contributed by atoms with E-state index < -0.39 is 16.3 Å². The number of carbonyl (C=O) groups is 1. The summed E-state index contributed by atoms with van der Waals surface area (Å²) in [6.07, 6.45) is 0.915. The molecule has 17 heavy (non-hydrogen) atoms. The molecule has 2 N–H and O–H groups in total. The highest BCUT2D eigenvalue weighted by Crippen LogP contribution is 2.13. The van der Waals surface area contributed by atoms with Gasteiger partial charge in [0.05, 0.1) is 7.11 Å². The number of piperidine rings is 1. The second-order valence-corrected chi connectivity index (χ2v) is 5.85. The minimum absolute atomic E-state index is 0.329. The Morgan fingerprint density at radius 3 is 2.59 bits per heavy atom. The van der Waals surface area contributed by atoms with Gasteiger partial charge >= 0.3 is 16.3 Å². The van der Waals surface area contributed by atoms with E-state index in [-0.39, 0.29) is 0 Å². The molecule has 0 saturated carbocycles. The maximum Gasteiger partial charge on any atom is 0.421 e. The Morgan fingerprint density at radius 2 is 2.06 bits per heavy atom. The third-order valence-electron chi connectivity index (χ3n) is 2.78. The van der Waals surface area contributed by atoms with E-state index in [1.165, 1.54) is 7.05 Å². The van der Waals surface area contributed by atoms with Crippen LogP contribution in [-0.2, 0) is 14.9 Å². The number of nitrogens with zero attached hydrogens (tertiary/aromatic N) is 1. The molecular formula is C9H19N3O4S. The molecule has 0 aliphatic carbocycles. The van der Waals surface area contributed by atoms with Gasteiger partial charge in [0.15, 0.2) is 0 Å². The van der Waals surface area contributed by atoms with Crippen LogP contribution >= 0.6 is 0 Å². The normalized spacial score (nSPS) is 18.1. The topological polar surface area (TPSA) is 87.7 Å². The smallest absolute Gasteiger partial charge is 0.421 e. The van der Waals surface area contributed by atoms with E-state index in [0.29, 0.717) is 12.5 Å². The molecule has 1 aliphatic heterocycles. The van der Waals surface area contributed by atoms with Crippen LogP contribution in [0.25, 0.3) is 0 Å². The first-order valence-electron chi connectivity index (χ1n) is 5.48. The average molecular weight is 265 g/mol. The van der Waals surface area contributed by atoms with Gasteiger partial charge in [-0.3, -0.25) is 0 Å². The lowest BCUT2D eigenvalue weighted by molar-refractivity contribution is 0.177. The van der Waals surface area contributed by atoms with Crippen molar-refractivity contribution in [3.63, 3.8) is 0 Å². The van der Waals surface area contributed by atoms with Crippen LogP contribution in [0.5, 0.6) is 0 Å². The number of rotatable bonds is 4. The molecule has 1 aliphatic rings. The van der Waals surface area contributed by atoms with Gasteiger partial charge in [-0.15, -0.1) is 0 Å². The number of nitrogens with one attached hydrogen (secondary N) is 2. The van der Waals surface area contributed by atoms with Gasteiger partial charge in [-0.25, -0.2) is 9.52 Å². The molecule has 1 fully saturated rings. The highest BCUT2D eigenvalue weighted by Gasteiger charge is 2.24. The van der Waals surface area contributed by atoms with E-state index in [1.54, 1.807) is 0 Å². The second-order valence-electron chi connectivity index (χ2n) is 4.07. The van der Waals surface area contributed by atoms with Gasteiger partial charge in [0.25, 0.3) is 0 Å². The summed E-state index contributed by atoms with van der Waals surface area (Å²) < 4.78 is 30.6. The third-order valence-corrected chi connectivity index (χ3v) is 4.18. The predicted molar refractivity (Wildman–Crippen MR) is 62.7 cm³/mol. The van der Waals surface area contributed by atoms with Crippen LogP contribution in [0.15, 0.2) is 0 Å². The standard InChI is InChI=1S/C9H19N3O4S/c1-12(7-8-3-5-10-6-4-8)17(14,15)11-9(13)16-2/h8,10H,3-7H2,1-2H3,(H,11,13). The molecule has 1 saturated heterocycles. The van der Waals surface area contributed by atoms with Crippen molar-refractivity contribution in [1.82, 2.24) is 14.3 Å². The molecule has 0 bridgehead atoms. The Labute approximate surface area is 102 Å². The number of carbonyl (C=O) groups excluding carboxylic acids is 1. The van der Waals surface area contributed by atoms with Crippen LogP contribution in [0, 0.1) is 5.92 Å². The summed E-state index contributed by atoms with van der Waals surface area (Å²) in [6.45, 7) is 2.22. The van der Waals surface area contributed by atoms with Gasteiger partial charge in [-0.1, -0.05) is 0 Å². The van der Waals surface area contributed by atoms with E-state index in [2.05, 4.69) is 10.1 Å². The fraction of sp³-hybridized carbons (Fsp3) is 0.889. The van der Waals surface area contributed by atoms with Crippen LogP contribution < -0.4 is 10.0 Å². The molecule has 0 aromatic carbocycles. The molecule has 0 radical (unpaired) electrons. The van der Waals surface area contributed by atoms with Crippen molar-refractivity contribution in [2.24, 2.45) is 5.92 Å². The lowest BCUT2D eigenvalue weighted by Gasteiger charge is -2.26. The number of amides is 1. The monoisotopic (exact) mass is 265 g/mol. The summed E-state index contributed by atoms with van der Waals surface area (Å²) >= 11 is 0. The van der Waals surface area contributed by atoms with Crippen LogP contribution in [-0.4, -0.2) is 52.6 Å². The molecule has 8 heteroatoms. The van der Waals surface area contributed by atoms with Crippen LogP contribution in [0.1, 0.15) is 12.8 Å². The minimum atomic E-state index is -3.78. The average Bonchev–Trinajstić information content (AvgIpc) is 2.29. The SMILES string of the molecule is COC(=O)NS(=O)(=O)N(C)CC1CCNCC1. The molecule has 0 spiro atoms. The first kappa shape index (κ1) is 14.2. The van der Waals surface area contributed by atoms with E-state index in [4.69, 9.17) is 0 Å². The van der Waals surface area contributed by atoms with Crippen molar-refractivity contribution < 1.29 is 17.9 Å². The molecule has 100 valence electrons. The summed E-state index contributed by atoms with van der Waals surface area (Å²) in [5.74, 6) is 0.329. The molecular weight excluding hydrogens is 246 g/mol. The Hall–Kier alpha value is -0.860. The maximum atomic E-state index is 11.7. The largest absolute Gasteiger partial charge is 0.452 e. The van der Waals surface area contributed by atoms with E-state index in [9.17, 15) is 13.2 Å². The molecule has 7 nitrogen and oxygen atoms in total. The van der Waals surface area contributed by atoms with E-state index in [0.717, 1.165) is 37.3 Å². The van der Waals surface area contributed by atoms with Gasteiger partial charge in [-0.05, 0) is 31.8 Å². The first-order valence-corrected chi connectivity index (χ1v) is 6.92. The fourth-order valence-electron chi connectivity index (χ4n) is 1.75. The third kappa shape index (κ3) is 4.49. The Kier molecular flexibility index (Phi) is 5.16. The van der Waals surface area contributed by atoms with Crippen molar-refractivity contribution in [3.8, 4) is 0 Å². The van der Waals surface area contributed by atoms with Crippen LogP contribution in [0.2, 0.25) is 0 Å². The number of methoxy groups -OCH3 is 1. The first-order chi connectivity index (χ1) is 7.95. The summed E-state index contributed by atoms with van der Waals surface area (Å²) in [6, 6.07) is 0. The number of hydrogen-bond acceptors (Lipinski definition) is 5. The number of hydrogen-bond donors (Lipinski definition) is 2. The van der Waals surface area contributed by atoms with Gasteiger partial charge in [0.1, 0.15) is 0 Å². The van der Waals surface area contributed by atoms with Gasteiger partial charge in [0.2, 0.25) is 0 Å². The predicted octanol–water partition coefficient (Wildman–Crippen LogP) is -0.481. The zero-order chi connectivity index (χ0) is 12.9. The molecule has 1 rings (SSSR count). The van der Waals surface area contributed by atoms with Crippen molar-refractivity contribution in [2.45, 2.75) is 12.8 Å². The van der Waals surface area contributed by atoms with Gasteiger partial charge in [0, 0.05) is 13.6 Å². The molecule has 0 aromatic heterocycles. The van der Waals surface area contributed by atoms with Crippen LogP contribution in [0.3, 0.4) is 0 Å². The Morgan fingerprint density at radius 1 is 1.47 bits per heavy atom. The zero-order valence-electron chi connectivity index (χ0n) is 10.1. The van der Waals surface area contributed by atoms with E-state index >= 15 is 0 Å². The van der Waals surface area contributed by atoms with E-state index in [1.807, 2.05) is 4.72 Å². The Balaban J connectivity index is 2.49. The van der Waals surface area contributed by atoms with Gasteiger partial charge in [-0.2, -0.15) is 12.7 Å². The Bertz CT molecular complexity index is 351. The summed E-state index contributed by atoms with van der Waals surface area (Å²) in [5.41, 5.74) is 0. The minimum Gasteiger partial charge on any atom is -0.452 e. The van der Waals surface area contributed by atoms with Crippen LogP contribution in [0.4, 0.5) is 4.79 Å². The highest BCUT2D eigenvalue weighted by atomic mass is 32.2. The quantitative estimate of drug-likeness (QED) is 0.717. The fourth-order valence-corrected chi connectivity index (χ4v) is 2.61. The molecule has 1 heterocycles. The van der Waals surface area contributed by atoms with Crippen molar-refractivity contribution in [2.75, 3.05) is 33.8 Å². The number of ether oxygens (including phenoxy) is 1. The lowest BCUT2D eigenvalue weighted by Crippen LogP contribution is -2.44. The molecule has 0 atom stereocenters. The lowest BCUT2D eigenvalue weighted by atomic mass is 9.98. The zero-order valence-corrected chi connectivity index (χ0v) is 10.9. The molecule has 0 aromatic rings. The molecule has 1 amide bonds. The molecule has 0 unspecified atom stereocenters. The van der Waals surface area contributed by atoms with Crippen molar-refractivity contribution in [3.05, 3.63) is 0 Å². The summed E-state index contributed by atoms with van der Waals surface area (Å²) in [7, 11) is -1.21. The summed E-state index contributed by atoms with van der Waals surface area (Å²) in [5, 5.41) is 3.21. The van der Waals surface area contributed by atoms with Gasteiger partial charge < -0.3 is 10.1 Å². The van der Waals surface area contributed by atoms with Crippen molar-refractivity contribution in [1.29, 1.82) is 0 Å². The maximum absolute atomic E-state index is 11.7. The van der Waals surface area contributed by atoms with Crippen molar-refractivity contribution >= 4 is 16.3 Å². The highest BCUT2D eigenvalue weighted by molar-refractivity contribution is 7.87.